The topological polar surface area (TPSA) is 44.1 Å². The van der Waals surface area contributed by atoms with Crippen molar-refractivity contribution in [2.45, 2.75) is 50.6 Å². The van der Waals surface area contributed by atoms with Gasteiger partial charge < -0.3 is 4.74 Å². The average Bonchev–Trinajstić information content (AvgIpc) is 3.24. The number of benzene rings is 1. The Labute approximate surface area is 155 Å². The molecular weight excluding hydrogens is 357 g/mol. The smallest absolute Gasteiger partial charge is 0.342 e. The van der Waals surface area contributed by atoms with Gasteiger partial charge in [-0.15, -0.1) is 0 Å². The Hall–Kier alpha value is -2.31. The van der Waals surface area contributed by atoms with Crippen molar-refractivity contribution in [2.24, 2.45) is 13.0 Å². The van der Waals surface area contributed by atoms with Gasteiger partial charge in [0.15, 0.2) is 0 Å². The zero-order valence-corrected chi connectivity index (χ0v) is 15.2. The van der Waals surface area contributed by atoms with Gasteiger partial charge in [0, 0.05) is 24.7 Å². The second-order valence-corrected chi connectivity index (χ2v) is 7.45. The highest BCUT2D eigenvalue weighted by molar-refractivity contribution is 5.91. The lowest BCUT2D eigenvalue weighted by molar-refractivity contribution is -0.0416. The molecular formula is C20H21F3N2O2. The van der Waals surface area contributed by atoms with Crippen molar-refractivity contribution >= 4 is 5.97 Å². The zero-order valence-electron chi connectivity index (χ0n) is 15.2. The molecule has 2 aliphatic carbocycles. The van der Waals surface area contributed by atoms with E-state index in [1.54, 1.807) is 6.07 Å². The van der Waals surface area contributed by atoms with Crippen molar-refractivity contribution in [2.75, 3.05) is 0 Å². The molecule has 1 aromatic carbocycles. The standard InChI is InChI=1S/C20H21F3N2O2/c1-3-4-15-13-7-8-20(15,16-9-11(21)5-6-12(13)16)27-19(26)14-10-25(2)24-17(14)18(22)23/h5-6,9-10,13,15,18H,3-4,7-8H2,1-2H3. The summed E-state index contributed by atoms with van der Waals surface area (Å²) in [6.07, 6.45) is 1.51. The van der Waals surface area contributed by atoms with Crippen LogP contribution in [0.25, 0.3) is 0 Å². The largest absolute Gasteiger partial charge is 0.450 e. The molecule has 0 amide bonds. The summed E-state index contributed by atoms with van der Waals surface area (Å²) in [7, 11) is 1.48. The molecule has 2 aliphatic rings. The summed E-state index contributed by atoms with van der Waals surface area (Å²) >= 11 is 0. The van der Waals surface area contributed by atoms with Crippen molar-refractivity contribution in [3.63, 3.8) is 0 Å². The normalized spacial score (nSPS) is 25.9. The number of carbonyl (C=O) groups excluding carboxylic acids is 1. The number of aryl methyl sites for hydroxylation is 1. The minimum Gasteiger partial charge on any atom is -0.450 e. The fourth-order valence-corrected chi connectivity index (χ4v) is 4.98. The van der Waals surface area contributed by atoms with Crippen molar-refractivity contribution in [1.82, 2.24) is 9.78 Å². The minimum atomic E-state index is -2.87. The second-order valence-electron chi connectivity index (χ2n) is 7.45. The Morgan fingerprint density at radius 2 is 2.22 bits per heavy atom. The summed E-state index contributed by atoms with van der Waals surface area (Å²) in [6.45, 7) is 2.05. The molecule has 3 unspecified atom stereocenters. The van der Waals surface area contributed by atoms with E-state index in [2.05, 4.69) is 12.0 Å². The number of alkyl halides is 2. The summed E-state index contributed by atoms with van der Waals surface area (Å²) in [5, 5.41) is 3.68. The van der Waals surface area contributed by atoms with Gasteiger partial charge in [0.2, 0.25) is 0 Å². The molecule has 27 heavy (non-hydrogen) atoms. The van der Waals surface area contributed by atoms with Gasteiger partial charge in [0.25, 0.3) is 6.43 Å². The fourth-order valence-electron chi connectivity index (χ4n) is 4.98. The minimum absolute atomic E-state index is 0.0370. The maximum Gasteiger partial charge on any atom is 0.342 e. The molecule has 3 atom stereocenters. The molecule has 1 saturated carbocycles. The first-order valence-electron chi connectivity index (χ1n) is 9.22. The number of hydrogen-bond acceptors (Lipinski definition) is 3. The average molecular weight is 378 g/mol. The highest BCUT2D eigenvalue weighted by atomic mass is 19.3. The van der Waals surface area contributed by atoms with Crippen molar-refractivity contribution in [1.29, 1.82) is 0 Å². The Kier molecular flexibility index (Phi) is 4.28. The van der Waals surface area contributed by atoms with Crippen LogP contribution in [0.4, 0.5) is 13.2 Å². The third-order valence-corrected chi connectivity index (χ3v) is 5.94. The van der Waals surface area contributed by atoms with E-state index in [1.807, 2.05) is 0 Å². The van der Waals surface area contributed by atoms with Gasteiger partial charge in [-0.05, 0) is 42.9 Å². The summed E-state index contributed by atoms with van der Waals surface area (Å²) < 4.78 is 47.6. The first-order valence-corrected chi connectivity index (χ1v) is 9.22. The van der Waals surface area contributed by atoms with E-state index < -0.39 is 23.7 Å². The first-order chi connectivity index (χ1) is 12.9. The van der Waals surface area contributed by atoms with Gasteiger partial charge in [0.05, 0.1) is 0 Å². The molecule has 0 radical (unpaired) electrons. The van der Waals surface area contributed by atoms with E-state index in [1.165, 1.54) is 30.1 Å². The summed E-state index contributed by atoms with van der Waals surface area (Å²) in [5.41, 5.74) is -0.0738. The van der Waals surface area contributed by atoms with E-state index in [0.29, 0.717) is 12.0 Å². The Morgan fingerprint density at radius 1 is 1.44 bits per heavy atom. The zero-order chi connectivity index (χ0) is 19.3. The van der Waals surface area contributed by atoms with Gasteiger partial charge >= 0.3 is 5.97 Å². The lowest BCUT2D eigenvalue weighted by Gasteiger charge is -2.33. The highest BCUT2D eigenvalue weighted by Gasteiger charge is 2.59. The van der Waals surface area contributed by atoms with Gasteiger partial charge in [-0.2, -0.15) is 5.10 Å². The van der Waals surface area contributed by atoms with Crippen LogP contribution >= 0.6 is 0 Å². The monoisotopic (exact) mass is 378 g/mol. The third-order valence-electron chi connectivity index (χ3n) is 5.94. The number of aromatic nitrogens is 2. The van der Waals surface area contributed by atoms with E-state index in [0.717, 1.165) is 24.8 Å². The molecule has 2 bridgehead atoms. The molecule has 4 nitrogen and oxygen atoms in total. The quantitative estimate of drug-likeness (QED) is 0.698. The molecule has 4 rings (SSSR count). The summed E-state index contributed by atoms with van der Waals surface area (Å²) in [4.78, 5) is 12.9. The van der Waals surface area contributed by atoms with E-state index in [-0.39, 0.29) is 23.2 Å². The van der Waals surface area contributed by atoms with Gasteiger partial charge in [0.1, 0.15) is 22.7 Å². The molecule has 144 valence electrons. The SMILES string of the molecule is CCCC1C2CCC1(OC(=O)c1cn(C)nc1C(F)F)c1cc(F)ccc12. The second kappa shape index (κ2) is 6.39. The lowest BCUT2D eigenvalue weighted by atomic mass is 9.85. The maximum atomic E-state index is 14.0. The van der Waals surface area contributed by atoms with E-state index in [4.69, 9.17) is 4.74 Å². The Morgan fingerprint density at radius 3 is 2.93 bits per heavy atom. The van der Waals surface area contributed by atoms with Crippen LogP contribution in [0.2, 0.25) is 0 Å². The number of hydrogen-bond donors (Lipinski definition) is 0. The predicted octanol–water partition coefficient (Wildman–Crippen LogP) is 4.86. The van der Waals surface area contributed by atoms with Crippen molar-refractivity contribution < 1.29 is 22.7 Å². The molecule has 0 N–H and O–H groups in total. The molecule has 7 heteroatoms. The third kappa shape index (κ3) is 2.66. The van der Waals surface area contributed by atoms with Crippen LogP contribution in [0.15, 0.2) is 24.4 Å². The van der Waals surface area contributed by atoms with E-state index >= 15 is 0 Å². The van der Waals surface area contributed by atoms with E-state index in [9.17, 15) is 18.0 Å². The number of nitrogens with zero attached hydrogens (tertiary/aromatic N) is 2. The van der Waals surface area contributed by atoms with Crippen LogP contribution in [-0.4, -0.2) is 15.7 Å². The summed E-state index contributed by atoms with van der Waals surface area (Å²) in [6, 6.07) is 4.62. The highest BCUT2D eigenvalue weighted by Crippen LogP contribution is 2.63. The maximum absolute atomic E-state index is 14.0. The number of ether oxygens (including phenoxy) is 1. The van der Waals surface area contributed by atoms with Crippen molar-refractivity contribution in [3.05, 3.63) is 52.6 Å². The number of esters is 1. The molecule has 2 aromatic rings. The summed E-state index contributed by atoms with van der Waals surface area (Å²) in [5.74, 6) is -0.967. The van der Waals surface area contributed by atoms with Crippen LogP contribution in [0, 0.1) is 11.7 Å². The molecule has 0 saturated heterocycles. The van der Waals surface area contributed by atoms with Gasteiger partial charge in [-0.25, -0.2) is 18.0 Å². The Balaban J connectivity index is 1.75. The Bertz CT molecular complexity index is 895. The number of halogens is 3. The molecule has 1 fully saturated rings. The number of fused-ring (bicyclic) bond motifs is 5. The van der Waals surface area contributed by atoms with Gasteiger partial charge in [-0.3, -0.25) is 4.68 Å². The fraction of sp³-hybridized carbons (Fsp3) is 0.500. The van der Waals surface area contributed by atoms with Crippen LogP contribution in [0.3, 0.4) is 0 Å². The number of rotatable bonds is 5. The lowest BCUT2D eigenvalue weighted by Crippen LogP contribution is -2.34. The van der Waals surface area contributed by atoms with Crippen LogP contribution < -0.4 is 0 Å². The van der Waals surface area contributed by atoms with Crippen LogP contribution in [0.1, 0.15) is 72.1 Å². The van der Waals surface area contributed by atoms with Crippen LogP contribution in [0.5, 0.6) is 0 Å². The first kappa shape index (κ1) is 18.1. The van der Waals surface area contributed by atoms with Crippen molar-refractivity contribution in [3.8, 4) is 0 Å². The molecule has 1 aromatic heterocycles. The number of carbonyl (C=O) groups is 1. The molecule has 1 heterocycles. The predicted molar refractivity (Wildman–Crippen MR) is 92.0 cm³/mol. The molecule has 0 aliphatic heterocycles. The van der Waals surface area contributed by atoms with Gasteiger partial charge in [-0.1, -0.05) is 19.4 Å². The molecule has 0 spiro atoms. The van der Waals surface area contributed by atoms with Crippen LogP contribution in [-0.2, 0) is 17.4 Å².